The SMILES string of the molecule is Cc1ccc(-c2ccc(/C=C3/SC(N4CCN(c5ccccc5)CC4)=NC3=O)o2)cc1. The Kier molecular flexibility index (Phi) is 5.38. The molecule has 2 aliphatic heterocycles. The zero-order chi connectivity index (χ0) is 21.2. The first-order valence-corrected chi connectivity index (χ1v) is 11.2. The maximum atomic E-state index is 12.5. The molecular formula is C25H23N3O2S. The number of aliphatic imine (C=N–C) groups is 1. The number of thioether (sulfide) groups is 1. The molecule has 0 radical (unpaired) electrons. The molecule has 0 aliphatic carbocycles. The number of hydrogen-bond donors (Lipinski definition) is 0. The summed E-state index contributed by atoms with van der Waals surface area (Å²) < 4.78 is 5.95. The van der Waals surface area contributed by atoms with E-state index in [0.717, 1.165) is 42.7 Å². The van der Waals surface area contributed by atoms with Gasteiger partial charge in [-0.15, -0.1) is 0 Å². The van der Waals surface area contributed by atoms with Gasteiger partial charge >= 0.3 is 0 Å². The number of hydrogen-bond acceptors (Lipinski definition) is 5. The molecule has 1 aromatic heterocycles. The Balaban J connectivity index is 1.23. The molecule has 1 saturated heterocycles. The van der Waals surface area contributed by atoms with Crippen LogP contribution in [0.2, 0.25) is 0 Å². The summed E-state index contributed by atoms with van der Waals surface area (Å²) in [6.45, 7) is 5.58. The van der Waals surface area contributed by atoms with Gasteiger partial charge in [-0.2, -0.15) is 4.99 Å². The summed E-state index contributed by atoms with van der Waals surface area (Å²) in [5, 5.41) is 0.786. The number of furan rings is 1. The maximum absolute atomic E-state index is 12.5. The fourth-order valence-corrected chi connectivity index (χ4v) is 4.71. The third-order valence-corrected chi connectivity index (χ3v) is 6.56. The molecule has 5 nitrogen and oxygen atoms in total. The van der Waals surface area contributed by atoms with Crippen molar-refractivity contribution in [2.75, 3.05) is 31.1 Å². The standard InChI is InChI=1S/C25H23N3O2S/c1-18-7-9-19(10-8-18)22-12-11-21(30-22)17-23-24(29)26-25(31-23)28-15-13-27(14-16-28)20-5-3-2-4-6-20/h2-12,17H,13-16H2,1H3/b23-17+. The number of carbonyl (C=O) groups is 1. The van der Waals surface area contributed by atoms with E-state index < -0.39 is 0 Å². The molecule has 156 valence electrons. The maximum Gasteiger partial charge on any atom is 0.286 e. The number of carbonyl (C=O) groups excluding carboxylic acids is 1. The summed E-state index contributed by atoms with van der Waals surface area (Å²) >= 11 is 1.43. The summed E-state index contributed by atoms with van der Waals surface area (Å²) in [7, 11) is 0. The normalized spacial score (nSPS) is 18.0. The minimum Gasteiger partial charge on any atom is -0.457 e. The quantitative estimate of drug-likeness (QED) is 0.546. The highest BCUT2D eigenvalue weighted by Gasteiger charge is 2.28. The molecule has 0 saturated carbocycles. The first-order valence-electron chi connectivity index (χ1n) is 10.4. The molecule has 1 amide bonds. The lowest BCUT2D eigenvalue weighted by Gasteiger charge is -2.36. The molecule has 6 heteroatoms. The van der Waals surface area contributed by atoms with E-state index in [9.17, 15) is 4.79 Å². The second kappa shape index (κ2) is 8.47. The van der Waals surface area contributed by atoms with Crippen molar-refractivity contribution in [1.82, 2.24) is 4.90 Å². The van der Waals surface area contributed by atoms with Crippen molar-refractivity contribution < 1.29 is 9.21 Å². The molecule has 0 N–H and O–H groups in total. The molecule has 2 aliphatic rings. The number of piperazine rings is 1. The van der Waals surface area contributed by atoms with Gasteiger partial charge in [0.05, 0.1) is 4.91 Å². The summed E-state index contributed by atoms with van der Waals surface area (Å²) in [5.74, 6) is 1.26. The van der Waals surface area contributed by atoms with Gasteiger partial charge < -0.3 is 14.2 Å². The van der Waals surface area contributed by atoms with Crippen LogP contribution in [0.1, 0.15) is 11.3 Å². The summed E-state index contributed by atoms with van der Waals surface area (Å²) in [5.41, 5.74) is 3.47. The predicted octanol–water partition coefficient (Wildman–Crippen LogP) is 5.05. The lowest BCUT2D eigenvalue weighted by Crippen LogP contribution is -2.47. The number of para-hydroxylation sites is 1. The third-order valence-electron chi connectivity index (χ3n) is 5.52. The Morgan fingerprint density at radius 3 is 2.35 bits per heavy atom. The first-order chi connectivity index (χ1) is 15.2. The molecule has 31 heavy (non-hydrogen) atoms. The number of amides is 1. The molecule has 0 atom stereocenters. The molecule has 3 heterocycles. The fraction of sp³-hybridized carbons (Fsp3) is 0.200. The summed E-state index contributed by atoms with van der Waals surface area (Å²) in [6, 6.07) is 22.5. The number of nitrogens with zero attached hydrogens (tertiary/aromatic N) is 3. The highest BCUT2D eigenvalue weighted by Crippen LogP contribution is 2.32. The van der Waals surface area contributed by atoms with Gasteiger partial charge in [0.15, 0.2) is 5.17 Å². The van der Waals surface area contributed by atoms with E-state index in [-0.39, 0.29) is 5.91 Å². The Hall–Kier alpha value is -3.25. The van der Waals surface area contributed by atoms with E-state index in [2.05, 4.69) is 58.1 Å². The van der Waals surface area contributed by atoms with Crippen molar-refractivity contribution in [3.63, 3.8) is 0 Å². The number of anilines is 1. The van der Waals surface area contributed by atoms with E-state index >= 15 is 0 Å². The first kappa shape index (κ1) is 19.7. The predicted molar refractivity (Wildman–Crippen MR) is 127 cm³/mol. The topological polar surface area (TPSA) is 49.0 Å². The van der Waals surface area contributed by atoms with Crippen molar-refractivity contribution in [2.24, 2.45) is 4.99 Å². The van der Waals surface area contributed by atoms with Crippen LogP contribution >= 0.6 is 11.8 Å². The minimum atomic E-state index is -0.196. The monoisotopic (exact) mass is 429 g/mol. The van der Waals surface area contributed by atoms with E-state index in [1.165, 1.54) is 23.0 Å². The van der Waals surface area contributed by atoms with Crippen LogP contribution in [-0.2, 0) is 4.79 Å². The highest BCUT2D eigenvalue weighted by molar-refractivity contribution is 8.18. The number of benzene rings is 2. The Labute approximate surface area is 186 Å². The van der Waals surface area contributed by atoms with Crippen LogP contribution in [-0.4, -0.2) is 42.2 Å². The zero-order valence-electron chi connectivity index (χ0n) is 17.3. The van der Waals surface area contributed by atoms with Gasteiger partial charge in [-0.3, -0.25) is 4.79 Å². The second-order valence-electron chi connectivity index (χ2n) is 7.69. The lowest BCUT2D eigenvalue weighted by molar-refractivity contribution is -0.113. The number of amidine groups is 1. The van der Waals surface area contributed by atoms with Crippen molar-refractivity contribution >= 4 is 34.6 Å². The van der Waals surface area contributed by atoms with Gasteiger partial charge in [-0.25, -0.2) is 0 Å². The van der Waals surface area contributed by atoms with Crippen LogP contribution < -0.4 is 4.90 Å². The minimum absolute atomic E-state index is 0.196. The van der Waals surface area contributed by atoms with Crippen molar-refractivity contribution in [2.45, 2.75) is 6.92 Å². The van der Waals surface area contributed by atoms with Crippen LogP contribution in [0.15, 0.2) is 81.0 Å². The number of aryl methyl sites for hydroxylation is 1. The zero-order valence-corrected chi connectivity index (χ0v) is 18.1. The third kappa shape index (κ3) is 4.30. The van der Waals surface area contributed by atoms with Crippen LogP contribution in [0.4, 0.5) is 5.69 Å². The second-order valence-corrected chi connectivity index (χ2v) is 8.70. The van der Waals surface area contributed by atoms with E-state index in [0.29, 0.717) is 10.7 Å². The van der Waals surface area contributed by atoms with Gasteiger partial charge in [0, 0.05) is 43.5 Å². The highest BCUT2D eigenvalue weighted by atomic mass is 32.2. The number of rotatable bonds is 3. The summed E-state index contributed by atoms with van der Waals surface area (Å²) in [4.78, 5) is 21.9. The smallest absolute Gasteiger partial charge is 0.286 e. The van der Waals surface area contributed by atoms with Crippen LogP contribution in [0, 0.1) is 6.92 Å². The van der Waals surface area contributed by atoms with Crippen molar-refractivity contribution in [1.29, 1.82) is 0 Å². The molecule has 1 fully saturated rings. The van der Waals surface area contributed by atoms with Crippen molar-refractivity contribution in [3.05, 3.63) is 83.0 Å². The average Bonchev–Trinajstić information content (AvgIpc) is 3.42. The van der Waals surface area contributed by atoms with Gasteiger partial charge in [-0.1, -0.05) is 48.0 Å². The largest absolute Gasteiger partial charge is 0.457 e. The summed E-state index contributed by atoms with van der Waals surface area (Å²) in [6.07, 6.45) is 1.79. The van der Waals surface area contributed by atoms with Crippen LogP contribution in [0.5, 0.6) is 0 Å². The molecule has 0 spiro atoms. The lowest BCUT2D eigenvalue weighted by atomic mass is 10.1. The molecule has 3 aromatic rings. The molecular weight excluding hydrogens is 406 g/mol. The average molecular weight is 430 g/mol. The van der Waals surface area contributed by atoms with Gasteiger partial charge in [0.25, 0.3) is 5.91 Å². The van der Waals surface area contributed by atoms with E-state index in [1.54, 1.807) is 6.08 Å². The van der Waals surface area contributed by atoms with Gasteiger partial charge in [0.1, 0.15) is 11.5 Å². The van der Waals surface area contributed by atoms with Crippen LogP contribution in [0.3, 0.4) is 0 Å². The molecule has 0 bridgehead atoms. The fourth-order valence-electron chi connectivity index (χ4n) is 3.76. The van der Waals surface area contributed by atoms with Gasteiger partial charge in [-0.05, 0) is 43.0 Å². The molecule has 5 rings (SSSR count). The van der Waals surface area contributed by atoms with Gasteiger partial charge in [0.2, 0.25) is 0 Å². The Bertz CT molecular complexity index is 1140. The Morgan fingerprint density at radius 1 is 0.903 bits per heavy atom. The molecule has 0 unspecified atom stereocenters. The van der Waals surface area contributed by atoms with Crippen molar-refractivity contribution in [3.8, 4) is 11.3 Å². The van der Waals surface area contributed by atoms with Crippen LogP contribution in [0.25, 0.3) is 17.4 Å². The van der Waals surface area contributed by atoms with E-state index in [1.807, 2.05) is 30.3 Å². The Morgan fingerprint density at radius 2 is 1.61 bits per heavy atom. The van der Waals surface area contributed by atoms with E-state index in [4.69, 9.17) is 4.42 Å². The molecule has 2 aromatic carbocycles.